The predicted molar refractivity (Wildman–Crippen MR) is 65.0 cm³/mol. The van der Waals surface area contributed by atoms with Crippen molar-refractivity contribution in [3.63, 3.8) is 0 Å². The molecule has 80 valence electrons. The maximum absolute atomic E-state index is 5.64. The SMILES string of the molecule is COc1cc2oc(C)cc2c2ccccc12. The molecule has 0 bridgehead atoms. The van der Waals surface area contributed by atoms with Crippen LogP contribution in [0.15, 0.2) is 40.8 Å². The summed E-state index contributed by atoms with van der Waals surface area (Å²) in [6.45, 7) is 1.96. The largest absolute Gasteiger partial charge is 0.496 e. The fourth-order valence-electron chi connectivity index (χ4n) is 2.15. The molecule has 2 heteroatoms. The molecule has 16 heavy (non-hydrogen) atoms. The van der Waals surface area contributed by atoms with Gasteiger partial charge in [-0.2, -0.15) is 0 Å². The Morgan fingerprint density at radius 2 is 1.75 bits per heavy atom. The summed E-state index contributed by atoms with van der Waals surface area (Å²) in [4.78, 5) is 0. The number of hydrogen-bond donors (Lipinski definition) is 0. The molecule has 0 aliphatic carbocycles. The highest BCUT2D eigenvalue weighted by Gasteiger charge is 2.09. The second kappa shape index (κ2) is 3.27. The van der Waals surface area contributed by atoms with Gasteiger partial charge in [-0.3, -0.25) is 0 Å². The standard InChI is InChI=1S/C14H12O2/c1-9-7-12-10-5-3-4-6-11(10)13(15-2)8-14(12)16-9/h3-8H,1-2H3. The fraction of sp³-hybridized carbons (Fsp3) is 0.143. The summed E-state index contributed by atoms with van der Waals surface area (Å²) in [6.07, 6.45) is 0. The summed E-state index contributed by atoms with van der Waals surface area (Å²) in [5, 5.41) is 3.45. The van der Waals surface area contributed by atoms with E-state index in [2.05, 4.69) is 18.2 Å². The highest BCUT2D eigenvalue weighted by atomic mass is 16.5. The Balaban J connectivity index is 2.56. The first-order valence-corrected chi connectivity index (χ1v) is 5.25. The Labute approximate surface area is 93.4 Å². The van der Waals surface area contributed by atoms with Gasteiger partial charge in [-0.1, -0.05) is 24.3 Å². The van der Waals surface area contributed by atoms with E-state index in [1.54, 1.807) is 7.11 Å². The second-order valence-electron chi connectivity index (χ2n) is 3.89. The smallest absolute Gasteiger partial charge is 0.138 e. The molecule has 3 rings (SSSR count). The molecule has 2 nitrogen and oxygen atoms in total. The first kappa shape index (κ1) is 9.28. The van der Waals surface area contributed by atoms with Crippen LogP contribution in [0.4, 0.5) is 0 Å². The van der Waals surface area contributed by atoms with Crippen molar-refractivity contribution in [3.8, 4) is 5.75 Å². The van der Waals surface area contributed by atoms with Gasteiger partial charge in [0.25, 0.3) is 0 Å². The van der Waals surface area contributed by atoms with Crippen LogP contribution >= 0.6 is 0 Å². The molecule has 0 saturated heterocycles. The van der Waals surface area contributed by atoms with Gasteiger partial charge in [0.1, 0.15) is 17.1 Å². The van der Waals surface area contributed by atoms with Crippen molar-refractivity contribution < 1.29 is 9.15 Å². The highest BCUT2D eigenvalue weighted by molar-refractivity contribution is 6.08. The van der Waals surface area contributed by atoms with Gasteiger partial charge in [0, 0.05) is 16.8 Å². The maximum Gasteiger partial charge on any atom is 0.138 e. The van der Waals surface area contributed by atoms with E-state index in [9.17, 15) is 0 Å². The zero-order chi connectivity index (χ0) is 11.1. The average molecular weight is 212 g/mol. The van der Waals surface area contributed by atoms with E-state index in [4.69, 9.17) is 9.15 Å². The molecule has 1 aromatic heterocycles. The number of ether oxygens (including phenoxy) is 1. The average Bonchev–Trinajstić information content (AvgIpc) is 2.68. The van der Waals surface area contributed by atoms with E-state index in [1.165, 1.54) is 5.39 Å². The summed E-state index contributed by atoms with van der Waals surface area (Å²) in [7, 11) is 1.68. The second-order valence-corrected chi connectivity index (χ2v) is 3.89. The van der Waals surface area contributed by atoms with Crippen LogP contribution in [0.5, 0.6) is 5.75 Å². The quantitative estimate of drug-likeness (QED) is 0.610. The van der Waals surface area contributed by atoms with Gasteiger partial charge in [0.05, 0.1) is 7.11 Å². The third kappa shape index (κ3) is 1.20. The normalized spacial score (nSPS) is 11.1. The number of methoxy groups -OCH3 is 1. The summed E-state index contributed by atoms with van der Waals surface area (Å²) >= 11 is 0. The van der Waals surface area contributed by atoms with Gasteiger partial charge in [0.2, 0.25) is 0 Å². The molecular weight excluding hydrogens is 200 g/mol. The van der Waals surface area contributed by atoms with Crippen LogP contribution in [-0.4, -0.2) is 7.11 Å². The zero-order valence-corrected chi connectivity index (χ0v) is 9.28. The van der Waals surface area contributed by atoms with Crippen molar-refractivity contribution in [2.45, 2.75) is 6.92 Å². The molecule has 0 aliphatic rings. The van der Waals surface area contributed by atoms with Gasteiger partial charge in [0.15, 0.2) is 0 Å². The molecule has 0 aliphatic heterocycles. The topological polar surface area (TPSA) is 22.4 Å². The molecule has 0 spiro atoms. The lowest BCUT2D eigenvalue weighted by Gasteiger charge is -2.05. The predicted octanol–water partition coefficient (Wildman–Crippen LogP) is 3.90. The molecule has 0 saturated carbocycles. The van der Waals surface area contributed by atoms with Crippen LogP contribution in [0.1, 0.15) is 5.76 Å². The molecule has 0 amide bonds. The number of furan rings is 1. The van der Waals surface area contributed by atoms with Crippen molar-refractivity contribution in [3.05, 3.63) is 42.2 Å². The Kier molecular flexibility index (Phi) is 1.90. The lowest BCUT2D eigenvalue weighted by molar-refractivity contribution is 0.419. The third-order valence-corrected chi connectivity index (χ3v) is 2.85. The van der Waals surface area contributed by atoms with Crippen LogP contribution in [0, 0.1) is 6.92 Å². The lowest BCUT2D eigenvalue weighted by Crippen LogP contribution is -1.84. The van der Waals surface area contributed by atoms with E-state index >= 15 is 0 Å². The molecule has 0 unspecified atom stereocenters. The first-order chi connectivity index (χ1) is 7.79. The van der Waals surface area contributed by atoms with Crippen molar-refractivity contribution in [2.75, 3.05) is 7.11 Å². The Morgan fingerprint density at radius 3 is 2.50 bits per heavy atom. The van der Waals surface area contributed by atoms with Crippen molar-refractivity contribution in [2.24, 2.45) is 0 Å². The summed E-state index contributed by atoms with van der Waals surface area (Å²) in [5.74, 6) is 1.78. The molecule has 0 N–H and O–H groups in total. The van der Waals surface area contributed by atoms with Gasteiger partial charge >= 0.3 is 0 Å². The van der Waals surface area contributed by atoms with Gasteiger partial charge in [-0.15, -0.1) is 0 Å². The molecule has 3 aromatic rings. The third-order valence-electron chi connectivity index (χ3n) is 2.85. The first-order valence-electron chi connectivity index (χ1n) is 5.25. The number of aryl methyl sites for hydroxylation is 1. The van der Waals surface area contributed by atoms with Crippen molar-refractivity contribution in [1.29, 1.82) is 0 Å². The maximum atomic E-state index is 5.64. The van der Waals surface area contributed by atoms with Gasteiger partial charge < -0.3 is 9.15 Å². The molecular formula is C14H12O2. The van der Waals surface area contributed by atoms with Crippen LogP contribution in [-0.2, 0) is 0 Å². The molecule has 1 heterocycles. The summed E-state index contributed by atoms with van der Waals surface area (Å²) < 4.78 is 11.0. The molecule has 0 fully saturated rings. The fourth-order valence-corrected chi connectivity index (χ4v) is 2.15. The van der Waals surface area contributed by atoms with Crippen molar-refractivity contribution in [1.82, 2.24) is 0 Å². The van der Waals surface area contributed by atoms with Crippen LogP contribution in [0.25, 0.3) is 21.7 Å². The summed E-state index contributed by atoms with van der Waals surface area (Å²) in [6, 6.07) is 12.2. The van der Waals surface area contributed by atoms with Gasteiger partial charge in [-0.05, 0) is 18.4 Å². The number of rotatable bonds is 1. The van der Waals surface area contributed by atoms with Crippen LogP contribution < -0.4 is 4.74 Å². The highest BCUT2D eigenvalue weighted by Crippen LogP contribution is 2.34. The minimum absolute atomic E-state index is 0.859. The van der Waals surface area contributed by atoms with E-state index in [0.717, 1.165) is 27.9 Å². The summed E-state index contributed by atoms with van der Waals surface area (Å²) in [5.41, 5.74) is 0.882. The molecule has 0 atom stereocenters. The number of hydrogen-bond acceptors (Lipinski definition) is 2. The van der Waals surface area contributed by atoms with Gasteiger partial charge in [-0.25, -0.2) is 0 Å². The molecule has 0 radical (unpaired) electrons. The Bertz CT molecular complexity index is 665. The lowest BCUT2D eigenvalue weighted by atomic mass is 10.1. The van der Waals surface area contributed by atoms with E-state index < -0.39 is 0 Å². The monoisotopic (exact) mass is 212 g/mol. The Morgan fingerprint density at radius 1 is 1.00 bits per heavy atom. The van der Waals surface area contributed by atoms with E-state index in [-0.39, 0.29) is 0 Å². The van der Waals surface area contributed by atoms with Crippen LogP contribution in [0.2, 0.25) is 0 Å². The Hall–Kier alpha value is -1.96. The minimum atomic E-state index is 0.859. The van der Waals surface area contributed by atoms with E-state index in [1.807, 2.05) is 25.1 Å². The molecule has 2 aromatic carbocycles. The zero-order valence-electron chi connectivity index (χ0n) is 9.28. The number of benzene rings is 2. The minimum Gasteiger partial charge on any atom is -0.496 e. The van der Waals surface area contributed by atoms with E-state index in [0.29, 0.717) is 0 Å². The number of fused-ring (bicyclic) bond motifs is 3. The van der Waals surface area contributed by atoms with Crippen LogP contribution in [0.3, 0.4) is 0 Å². The van der Waals surface area contributed by atoms with Crippen molar-refractivity contribution >= 4 is 21.7 Å².